The number of hydrogen-bond acceptors (Lipinski definition) is 5. The highest BCUT2D eigenvalue weighted by Crippen LogP contribution is 2.29. The van der Waals surface area contributed by atoms with Crippen molar-refractivity contribution in [2.75, 3.05) is 26.2 Å². The number of nitrogens with zero attached hydrogens (tertiary/aromatic N) is 4. The Kier molecular flexibility index (Phi) is 5.56. The number of halogens is 3. The van der Waals surface area contributed by atoms with Gasteiger partial charge in [-0.15, -0.1) is 11.3 Å². The fourth-order valence-corrected chi connectivity index (χ4v) is 5.97. The quantitative estimate of drug-likeness (QED) is 0.736. The smallest absolute Gasteiger partial charge is 0.338 e. The van der Waals surface area contributed by atoms with Gasteiger partial charge in [-0.3, -0.25) is 9.48 Å². The zero-order valence-corrected chi connectivity index (χ0v) is 16.9. The number of carbonyl (C=O) groups excluding carboxylic acids is 1. The number of alkyl halides is 3. The molecule has 0 aromatic carbocycles. The number of sulfonamides is 1. The average molecular weight is 436 g/mol. The van der Waals surface area contributed by atoms with E-state index in [1.807, 2.05) is 6.92 Å². The lowest BCUT2D eigenvalue weighted by Gasteiger charge is -2.34. The van der Waals surface area contributed by atoms with Crippen LogP contribution >= 0.6 is 11.3 Å². The number of amides is 1. The number of aromatic nitrogens is 2. The van der Waals surface area contributed by atoms with Crippen LogP contribution in [0.15, 0.2) is 23.2 Å². The third kappa shape index (κ3) is 4.23. The van der Waals surface area contributed by atoms with E-state index in [1.54, 1.807) is 13.0 Å². The lowest BCUT2D eigenvalue weighted by molar-refractivity contribution is -0.142. The zero-order chi connectivity index (χ0) is 20.7. The minimum absolute atomic E-state index is 0.134. The van der Waals surface area contributed by atoms with Gasteiger partial charge in [-0.25, -0.2) is 8.42 Å². The maximum absolute atomic E-state index is 12.8. The molecule has 1 fully saturated rings. The van der Waals surface area contributed by atoms with E-state index in [0.717, 1.165) is 26.7 Å². The van der Waals surface area contributed by atoms with Gasteiger partial charge in [0, 0.05) is 42.1 Å². The van der Waals surface area contributed by atoms with Crippen molar-refractivity contribution < 1.29 is 26.4 Å². The summed E-state index contributed by atoms with van der Waals surface area (Å²) in [4.78, 5) is 15.7. The lowest BCUT2D eigenvalue weighted by atomic mass is 10.3. The Morgan fingerprint density at radius 3 is 2.36 bits per heavy atom. The molecule has 12 heteroatoms. The van der Waals surface area contributed by atoms with Crippen LogP contribution in [-0.2, 0) is 27.5 Å². The van der Waals surface area contributed by atoms with Gasteiger partial charge < -0.3 is 4.90 Å². The molecule has 3 heterocycles. The summed E-state index contributed by atoms with van der Waals surface area (Å²) in [6.07, 6.45) is -3.46. The molecule has 0 unspecified atom stereocenters. The van der Waals surface area contributed by atoms with Gasteiger partial charge in [0.25, 0.3) is 0 Å². The molecule has 2 aromatic heterocycles. The molecule has 2 aromatic rings. The van der Waals surface area contributed by atoms with Crippen molar-refractivity contribution in [1.82, 2.24) is 19.0 Å². The van der Waals surface area contributed by atoms with Crippen LogP contribution in [0.4, 0.5) is 13.2 Å². The molecule has 0 radical (unpaired) electrons. The normalized spacial score (nSPS) is 16.5. The van der Waals surface area contributed by atoms with E-state index in [4.69, 9.17) is 0 Å². The molecule has 0 saturated carbocycles. The lowest BCUT2D eigenvalue weighted by Crippen LogP contribution is -2.51. The Bertz CT molecular complexity index is 974. The van der Waals surface area contributed by atoms with Gasteiger partial charge in [0.2, 0.25) is 15.9 Å². The summed E-state index contributed by atoms with van der Waals surface area (Å²) >= 11 is 1.41. The topological polar surface area (TPSA) is 75.5 Å². The van der Waals surface area contributed by atoms with Crippen molar-refractivity contribution in [3.05, 3.63) is 33.8 Å². The summed E-state index contributed by atoms with van der Waals surface area (Å²) in [5.74, 6) is -0.406. The Hall–Kier alpha value is -1.92. The summed E-state index contributed by atoms with van der Waals surface area (Å²) < 4.78 is 65.6. The molecule has 3 rings (SSSR count). The molecule has 1 aliphatic rings. The van der Waals surface area contributed by atoms with Crippen LogP contribution in [0.5, 0.6) is 0 Å². The summed E-state index contributed by atoms with van der Waals surface area (Å²) in [6, 6.07) is 2.45. The van der Waals surface area contributed by atoms with E-state index in [0.29, 0.717) is 0 Å². The first kappa shape index (κ1) is 20.8. The van der Waals surface area contributed by atoms with E-state index in [2.05, 4.69) is 5.10 Å². The monoisotopic (exact) mass is 436 g/mol. The third-order valence-electron chi connectivity index (χ3n) is 4.43. The number of aryl methyl sites for hydroxylation is 2. The van der Waals surface area contributed by atoms with Gasteiger partial charge in [0.05, 0.1) is 4.90 Å². The largest absolute Gasteiger partial charge is 0.435 e. The average Bonchev–Trinajstić information content (AvgIpc) is 3.21. The number of rotatable bonds is 4. The van der Waals surface area contributed by atoms with Crippen LogP contribution in [0.2, 0.25) is 0 Å². The minimum Gasteiger partial charge on any atom is -0.338 e. The number of carbonyl (C=O) groups is 1. The fourth-order valence-electron chi connectivity index (χ4n) is 3.02. The molecule has 0 atom stereocenters. The summed E-state index contributed by atoms with van der Waals surface area (Å²) in [5, 5.41) is 3.36. The molecule has 1 aliphatic heterocycles. The molecule has 7 nitrogen and oxygen atoms in total. The second-order valence-corrected chi connectivity index (χ2v) is 9.83. The van der Waals surface area contributed by atoms with Gasteiger partial charge in [0.15, 0.2) is 5.69 Å². The Balaban J connectivity index is 1.61. The predicted molar refractivity (Wildman–Crippen MR) is 96.4 cm³/mol. The number of thiophene rings is 1. The first-order chi connectivity index (χ1) is 13.0. The SMILES string of the molecule is Cc1cc(S(=O)(=O)N2CCN(C(=O)Cn3ccc(C(F)(F)F)n3)CC2)c(C)s1. The van der Waals surface area contributed by atoms with Crippen molar-refractivity contribution in [2.45, 2.75) is 31.5 Å². The summed E-state index contributed by atoms with van der Waals surface area (Å²) in [6.45, 7) is 3.88. The van der Waals surface area contributed by atoms with Crippen molar-refractivity contribution in [2.24, 2.45) is 0 Å². The first-order valence-corrected chi connectivity index (χ1v) is 10.7. The molecular weight excluding hydrogens is 417 g/mol. The van der Waals surface area contributed by atoms with Crippen molar-refractivity contribution in [3.63, 3.8) is 0 Å². The van der Waals surface area contributed by atoms with Crippen LogP contribution in [0.3, 0.4) is 0 Å². The van der Waals surface area contributed by atoms with E-state index in [1.165, 1.54) is 20.5 Å². The van der Waals surface area contributed by atoms with Gasteiger partial charge in [-0.2, -0.15) is 22.6 Å². The molecule has 1 amide bonds. The number of piperazine rings is 1. The van der Waals surface area contributed by atoms with Gasteiger partial charge in [-0.1, -0.05) is 0 Å². The van der Waals surface area contributed by atoms with Gasteiger partial charge >= 0.3 is 6.18 Å². The van der Waals surface area contributed by atoms with Crippen molar-refractivity contribution in [3.8, 4) is 0 Å². The third-order valence-corrected chi connectivity index (χ3v) is 7.55. The van der Waals surface area contributed by atoms with Crippen LogP contribution in [-0.4, -0.2) is 59.5 Å². The molecule has 0 N–H and O–H groups in total. The van der Waals surface area contributed by atoms with Crippen LogP contribution in [0, 0.1) is 13.8 Å². The molecule has 28 heavy (non-hydrogen) atoms. The maximum Gasteiger partial charge on any atom is 0.435 e. The van der Waals surface area contributed by atoms with E-state index in [9.17, 15) is 26.4 Å². The minimum atomic E-state index is -4.56. The highest BCUT2D eigenvalue weighted by Gasteiger charge is 2.34. The molecule has 154 valence electrons. The molecular formula is C16H19F3N4O3S2. The van der Waals surface area contributed by atoms with Crippen LogP contribution in [0.25, 0.3) is 0 Å². The highest BCUT2D eigenvalue weighted by molar-refractivity contribution is 7.89. The van der Waals surface area contributed by atoms with Crippen molar-refractivity contribution >= 4 is 27.3 Å². The van der Waals surface area contributed by atoms with Crippen LogP contribution < -0.4 is 0 Å². The standard InChI is InChI=1S/C16H19F3N4O3S2/c1-11-9-13(12(2)27-11)28(25,26)23-7-5-21(6-8-23)15(24)10-22-4-3-14(20-22)16(17,18)19/h3-4,9H,5-8,10H2,1-2H3. The van der Waals surface area contributed by atoms with E-state index >= 15 is 0 Å². The van der Waals surface area contributed by atoms with Gasteiger partial charge in [-0.05, 0) is 26.0 Å². The second kappa shape index (κ2) is 7.48. The highest BCUT2D eigenvalue weighted by atomic mass is 32.2. The van der Waals surface area contributed by atoms with Gasteiger partial charge in [0.1, 0.15) is 6.54 Å². The van der Waals surface area contributed by atoms with Crippen LogP contribution in [0.1, 0.15) is 15.4 Å². The zero-order valence-electron chi connectivity index (χ0n) is 15.2. The Morgan fingerprint density at radius 2 is 1.86 bits per heavy atom. The maximum atomic E-state index is 12.8. The first-order valence-electron chi connectivity index (χ1n) is 8.44. The molecule has 0 aliphatic carbocycles. The molecule has 0 spiro atoms. The van der Waals surface area contributed by atoms with E-state index in [-0.39, 0.29) is 37.6 Å². The Labute approximate surface area is 164 Å². The summed E-state index contributed by atoms with van der Waals surface area (Å²) in [7, 11) is -3.63. The number of hydrogen-bond donors (Lipinski definition) is 0. The molecule has 1 saturated heterocycles. The Morgan fingerprint density at radius 1 is 1.21 bits per heavy atom. The fraction of sp³-hybridized carbons (Fsp3) is 0.500. The second-order valence-electron chi connectivity index (χ2n) is 6.46. The van der Waals surface area contributed by atoms with Crippen molar-refractivity contribution in [1.29, 1.82) is 0 Å². The summed E-state index contributed by atoms with van der Waals surface area (Å²) in [5.41, 5.74) is -1.06. The molecule has 0 bridgehead atoms. The van der Waals surface area contributed by atoms with E-state index < -0.39 is 27.8 Å². The predicted octanol–water partition coefficient (Wildman–Crippen LogP) is 2.11.